The van der Waals surface area contributed by atoms with E-state index in [1.807, 2.05) is 0 Å². The van der Waals surface area contributed by atoms with E-state index in [1.54, 1.807) is 6.92 Å². The highest BCUT2D eigenvalue weighted by molar-refractivity contribution is 7.93. The van der Waals surface area contributed by atoms with Crippen molar-refractivity contribution in [1.29, 1.82) is 0 Å². The van der Waals surface area contributed by atoms with Crippen LogP contribution in [0.4, 0.5) is 0 Å². The van der Waals surface area contributed by atoms with Crippen LogP contribution in [0.5, 0.6) is 0 Å². The first-order chi connectivity index (χ1) is 10.1. The zero-order valence-electron chi connectivity index (χ0n) is 12.6. The number of hydrogen-bond donors (Lipinski definition) is 0. The first kappa shape index (κ1) is 18.6. The van der Waals surface area contributed by atoms with E-state index in [9.17, 15) is 21.6 Å². The number of ether oxygens (including phenoxy) is 1. The predicted octanol–water partition coefficient (Wildman–Crippen LogP) is 0.664. The molecule has 0 aliphatic carbocycles. The second-order valence-electron chi connectivity index (χ2n) is 4.63. The molecule has 0 N–H and O–H groups in total. The molecule has 0 aliphatic heterocycles. The van der Waals surface area contributed by atoms with Crippen LogP contribution in [0.25, 0.3) is 0 Å². The monoisotopic (exact) mass is 349 g/mol. The van der Waals surface area contributed by atoms with Crippen molar-refractivity contribution in [2.24, 2.45) is 0 Å². The molecule has 0 amide bonds. The molecular weight excluding hydrogens is 330 g/mol. The summed E-state index contributed by atoms with van der Waals surface area (Å²) in [7, 11) is -6.69. The standard InChI is InChI=1S/C13H19NO6S2/c1-4-9-14(10-13(15)20-2)22(18,19)12-8-6-5-7-11(12)21(3,16)17/h5-8H,4,9-10H2,1-3H3. The Morgan fingerprint density at radius 1 is 1.14 bits per heavy atom. The summed E-state index contributed by atoms with van der Waals surface area (Å²) in [6.45, 7) is 1.36. The molecule has 0 unspecified atom stereocenters. The van der Waals surface area contributed by atoms with Gasteiger partial charge in [0, 0.05) is 12.8 Å². The van der Waals surface area contributed by atoms with E-state index in [4.69, 9.17) is 0 Å². The van der Waals surface area contributed by atoms with Crippen molar-refractivity contribution in [2.75, 3.05) is 26.5 Å². The Balaban J connectivity index is 3.41. The van der Waals surface area contributed by atoms with Crippen LogP contribution < -0.4 is 0 Å². The maximum absolute atomic E-state index is 12.7. The van der Waals surface area contributed by atoms with Gasteiger partial charge in [-0.25, -0.2) is 16.8 Å². The van der Waals surface area contributed by atoms with Gasteiger partial charge in [-0.15, -0.1) is 0 Å². The van der Waals surface area contributed by atoms with E-state index in [1.165, 1.54) is 24.3 Å². The van der Waals surface area contributed by atoms with Gasteiger partial charge in [0.1, 0.15) is 11.4 Å². The number of sulfone groups is 1. The van der Waals surface area contributed by atoms with Gasteiger partial charge in [-0.2, -0.15) is 4.31 Å². The molecule has 124 valence electrons. The Hall–Kier alpha value is -1.45. The molecule has 7 nitrogen and oxygen atoms in total. The lowest BCUT2D eigenvalue weighted by molar-refractivity contribution is -0.140. The highest BCUT2D eigenvalue weighted by Gasteiger charge is 2.30. The average Bonchev–Trinajstić information content (AvgIpc) is 2.45. The van der Waals surface area contributed by atoms with Crippen LogP contribution >= 0.6 is 0 Å². The Morgan fingerprint density at radius 3 is 2.14 bits per heavy atom. The fourth-order valence-electron chi connectivity index (χ4n) is 1.85. The fraction of sp³-hybridized carbons (Fsp3) is 0.462. The summed E-state index contributed by atoms with van der Waals surface area (Å²) in [4.78, 5) is 10.8. The van der Waals surface area contributed by atoms with Crippen LogP contribution in [0, 0.1) is 0 Å². The average molecular weight is 349 g/mol. The van der Waals surface area contributed by atoms with Gasteiger partial charge >= 0.3 is 5.97 Å². The highest BCUT2D eigenvalue weighted by atomic mass is 32.2. The van der Waals surface area contributed by atoms with Crippen LogP contribution in [0.3, 0.4) is 0 Å². The van der Waals surface area contributed by atoms with E-state index in [-0.39, 0.29) is 16.3 Å². The number of methoxy groups -OCH3 is 1. The van der Waals surface area contributed by atoms with Crippen LogP contribution in [-0.4, -0.2) is 53.6 Å². The number of carbonyl (C=O) groups is 1. The number of hydrogen-bond acceptors (Lipinski definition) is 6. The van der Waals surface area contributed by atoms with Crippen LogP contribution in [0.15, 0.2) is 34.1 Å². The van der Waals surface area contributed by atoms with Crippen molar-refractivity contribution in [3.05, 3.63) is 24.3 Å². The van der Waals surface area contributed by atoms with E-state index >= 15 is 0 Å². The quantitative estimate of drug-likeness (QED) is 0.671. The molecule has 1 aromatic carbocycles. The number of carbonyl (C=O) groups excluding carboxylic acids is 1. The maximum Gasteiger partial charge on any atom is 0.321 e. The van der Waals surface area contributed by atoms with Gasteiger partial charge in [-0.3, -0.25) is 4.79 Å². The molecule has 22 heavy (non-hydrogen) atoms. The van der Waals surface area contributed by atoms with Crippen molar-refractivity contribution in [2.45, 2.75) is 23.1 Å². The van der Waals surface area contributed by atoms with E-state index in [0.717, 1.165) is 17.7 Å². The van der Waals surface area contributed by atoms with Crippen LogP contribution in [0.1, 0.15) is 13.3 Å². The molecule has 0 radical (unpaired) electrons. The van der Waals surface area contributed by atoms with E-state index < -0.39 is 32.4 Å². The lowest BCUT2D eigenvalue weighted by Crippen LogP contribution is -2.37. The summed E-state index contributed by atoms with van der Waals surface area (Å²) >= 11 is 0. The first-order valence-corrected chi connectivity index (χ1v) is 9.83. The Morgan fingerprint density at radius 2 is 1.68 bits per heavy atom. The van der Waals surface area contributed by atoms with Crippen molar-refractivity contribution < 1.29 is 26.4 Å². The molecule has 1 aromatic rings. The van der Waals surface area contributed by atoms with Gasteiger partial charge in [-0.1, -0.05) is 19.1 Å². The molecule has 9 heteroatoms. The molecular formula is C13H19NO6S2. The molecule has 0 atom stereocenters. The minimum absolute atomic E-state index is 0.0789. The van der Waals surface area contributed by atoms with Gasteiger partial charge < -0.3 is 4.74 Å². The Kier molecular flexibility index (Phi) is 6.09. The molecule has 0 spiro atoms. The second kappa shape index (κ2) is 7.21. The summed E-state index contributed by atoms with van der Waals surface area (Å²) in [5.41, 5.74) is 0. The minimum atomic E-state index is -4.13. The number of nitrogens with zero attached hydrogens (tertiary/aromatic N) is 1. The molecule has 0 saturated heterocycles. The Bertz CT molecular complexity index is 740. The predicted molar refractivity (Wildman–Crippen MR) is 80.6 cm³/mol. The van der Waals surface area contributed by atoms with Crippen molar-refractivity contribution in [3.8, 4) is 0 Å². The van der Waals surface area contributed by atoms with E-state index in [0.29, 0.717) is 6.42 Å². The molecule has 0 saturated carbocycles. The van der Waals surface area contributed by atoms with Gasteiger partial charge in [0.2, 0.25) is 10.0 Å². The van der Waals surface area contributed by atoms with Gasteiger partial charge in [-0.05, 0) is 18.6 Å². The maximum atomic E-state index is 12.7. The Labute approximate surface area is 130 Å². The molecule has 0 fully saturated rings. The van der Waals surface area contributed by atoms with Gasteiger partial charge in [0.15, 0.2) is 9.84 Å². The molecule has 0 bridgehead atoms. The first-order valence-electron chi connectivity index (χ1n) is 6.50. The minimum Gasteiger partial charge on any atom is -0.468 e. The smallest absolute Gasteiger partial charge is 0.321 e. The number of esters is 1. The van der Waals surface area contributed by atoms with Gasteiger partial charge in [0.25, 0.3) is 0 Å². The molecule has 1 rings (SSSR count). The number of sulfonamides is 1. The van der Waals surface area contributed by atoms with E-state index in [2.05, 4.69) is 4.74 Å². The second-order valence-corrected chi connectivity index (χ2v) is 8.52. The number of benzene rings is 1. The summed E-state index contributed by atoms with van der Waals surface area (Å²) < 4.78 is 54.4. The summed E-state index contributed by atoms with van der Waals surface area (Å²) in [6.07, 6.45) is 1.41. The third kappa shape index (κ3) is 4.28. The van der Waals surface area contributed by atoms with Crippen molar-refractivity contribution in [1.82, 2.24) is 4.31 Å². The zero-order valence-corrected chi connectivity index (χ0v) is 14.3. The number of rotatable bonds is 7. The lowest BCUT2D eigenvalue weighted by atomic mass is 10.4. The van der Waals surface area contributed by atoms with Crippen LogP contribution in [-0.2, 0) is 29.4 Å². The summed E-state index contributed by atoms with van der Waals surface area (Å²) in [5.74, 6) is -0.714. The highest BCUT2D eigenvalue weighted by Crippen LogP contribution is 2.24. The largest absolute Gasteiger partial charge is 0.468 e. The summed E-state index contributed by atoms with van der Waals surface area (Å²) in [5, 5.41) is 0. The van der Waals surface area contributed by atoms with Crippen molar-refractivity contribution in [3.63, 3.8) is 0 Å². The SMILES string of the molecule is CCCN(CC(=O)OC)S(=O)(=O)c1ccccc1S(C)(=O)=O. The molecule has 0 aromatic heterocycles. The third-order valence-electron chi connectivity index (χ3n) is 2.87. The molecule has 0 aliphatic rings. The summed E-state index contributed by atoms with van der Waals surface area (Å²) in [6, 6.07) is 5.32. The third-order valence-corrected chi connectivity index (χ3v) is 6.06. The lowest BCUT2D eigenvalue weighted by Gasteiger charge is -2.21. The fourth-order valence-corrected chi connectivity index (χ4v) is 4.93. The molecule has 0 heterocycles. The zero-order chi connectivity index (χ0) is 17.0. The van der Waals surface area contributed by atoms with Crippen molar-refractivity contribution >= 4 is 25.8 Å². The van der Waals surface area contributed by atoms with Crippen LogP contribution in [0.2, 0.25) is 0 Å². The normalized spacial score (nSPS) is 12.4. The van der Waals surface area contributed by atoms with Gasteiger partial charge in [0.05, 0.1) is 12.0 Å². The topological polar surface area (TPSA) is 97.8 Å².